The van der Waals surface area contributed by atoms with Crippen LogP contribution >= 0.6 is 23.2 Å². The van der Waals surface area contributed by atoms with Crippen molar-refractivity contribution in [3.63, 3.8) is 0 Å². The first-order chi connectivity index (χ1) is 9.17. The summed E-state index contributed by atoms with van der Waals surface area (Å²) in [4.78, 5) is 0. The lowest BCUT2D eigenvalue weighted by Crippen LogP contribution is -2.43. The molecule has 112 valence electrons. The van der Waals surface area contributed by atoms with E-state index in [4.69, 9.17) is 23.2 Å². The molecular formula is C17H25Cl2N. The molecule has 0 bridgehead atoms. The van der Waals surface area contributed by atoms with E-state index < -0.39 is 0 Å². The molecule has 1 N–H and O–H groups in total. The van der Waals surface area contributed by atoms with Gasteiger partial charge in [0.15, 0.2) is 0 Å². The molecule has 0 aliphatic heterocycles. The standard InChI is InChI=1S/C17H25Cl2N/c1-16(2)8-13(9-17(3,4)11-16)20-10-12-5-6-14(18)15(19)7-12/h5-7,13,20H,8-11H2,1-4H3. The van der Waals surface area contributed by atoms with Crippen LogP contribution in [0.1, 0.15) is 52.5 Å². The van der Waals surface area contributed by atoms with Gasteiger partial charge in [-0.25, -0.2) is 0 Å². The van der Waals surface area contributed by atoms with Gasteiger partial charge in [0.1, 0.15) is 0 Å². The minimum absolute atomic E-state index is 0.414. The van der Waals surface area contributed by atoms with E-state index in [1.807, 2.05) is 18.2 Å². The van der Waals surface area contributed by atoms with Gasteiger partial charge in [0.25, 0.3) is 0 Å². The van der Waals surface area contributed by atoms with E-state index in [-0.39, 0.29) is 0 Å². The molecule has 0 aromatic heterocycles. The molecule has 1 aliphatic carbocycles. The molecule has 0 saturated heterocycles. The number of nitrogens with one attached hydrogen (secondary N) is 1. The first-order valence-corrected chi connectivity index (χ1v) is 8.10. The fourth-order valence-electron chi connectivity index (χ4n) is 3.90. The Bertz CT molecular complexity index is 464. The van der Waals surface area contributed by atoms with Gasteiger partial charge in [-0.05, 0) is 47.8 Å². The summed E-state index contributed by atoms with van der Waals surface area (Å²) >= 11 is 12.0. The van der Waals surface area contributed by atoms with Gasteiger partial charge in [-0.3, -0.25) is 0 Å². The van der Waals surface area contributed by atoms with Crippen LogP contribution in [0.4, 0.5) is 0 Å². The van der Waals surface area contributed by atoms with Crippen molar-refractivity contribution in [1.82, 2.24) is 5.32 Å². The third kappa shape index (κ3) is 4.38. The van der Waals surface area contributed by atoms with Gasteiger partial charge < -0.3 is 5.32 Å². The van der Waals surface area contributed by atoms with Gasteiger partial charge in [0.05, 0.1) is 10.0 Å². The quantitative estimate of drug-likeness (QED) is 0.756. The summed E-state index contributed by atoms with van der Waals surface area (Å²) in [7, 11) is 0. The van der Waals surface area contributed by atoms with Gasteiger partial charge in [-0.2, -0.15) is 0 Å². The van der Waals surface area contributed by atoms with Crippen LogP contribution in [0.2, 0.25) is 10.0 Å². The lowest BCUT2D eigenvalue weighted by atomic mass is 9.63. The average Bonchev–Trinajstić information content (AvgIpc) is 2.27. The van der Waals surface area contributed by atoms with Crippen molar-refractivity contribution in [1.29, 1.82) is 0 Å². The highest BCUT2D eigenvalue weighted by atomic mass is 35.5. The first-order valence-electron chi connectivity index (χ1n) is 7.34. The third-order valence-corrected chi connectivity index (χ3v) is 4.87. The van der Waals surface area contributed by atoms with E-state index in [0.29, 0.717) is 26.9 Å². The number of halogens is 2. The number of benzene rings is 1. The first kappa shape index (κ1) is 16.1. The summed E-state index contributed by atoms with van der Waals surface area (Å²) in [6.45, 7) is 10.4. The highest BCUT2D eigenvalue weighted by molar-refractivity contribution is 6.42. The molecule has 0 heterocycles. The molecule has 0 radical (unpaired) electrons. The molecule has 1 saturated carbocycles. The second-order valence-corrected chi connectivity index (χ2v) is 8.55. The second-order valence-electron chi connectivity index (χ2n) is 7.74. The maximum Gasteiger partial charge on any atom is 0.0595 e. The van der Waals surface area contributed by atoms with Crippen LogP contribution in [-0.2, 0) is 6.54 Å². The van der Waals surface area contributed by atoms with Crippen LogP contribution in [-0.4, -0.2) is 6.04 Å². The molecule has 0 atom stereocenters. The van der Waals surface area contributed by atoms with Crippen LogP contribution in [0.15, 0.2) is 18.2 Å². The van der Waals surface area contributed by atoms with Gasteiger partial charge in [-0.15, -0.1) is 0 Å². The molecule has 20 heavy (non-hydrogen) atoms. The van der Waals surface area contributed by atoms with Crippen LogP contribution in [0, 0.1) is 10.8 Å². The molecule has 0 unspecified atom stereocenters. The normalized spacial score (nSPS) is 21.9. The minimum Gasteiger partial charge on any atom is -0.310 e. The van der Waals surface area contributed by atoms with Gasteiger partial charge >= 0.3 is 0 Å². The van der Waals surface area contributed by atoms with Crippen molar-refractivity contribution in [2.24, 2.45) is 10.8 Å². The Hall–Kier alpha value is -0.240. The van der Waals surface area contributed by atoms with Crippen molar-refractivity contribution in [3.8, 4) is 0 Å². The lowest BCUT2D eigenvalue weighted by molar-refractivity contribution is 0.0845. The van der Waals surface area contributed by atoms with E-state index >= 15 is 0 Å². The zero-order chi connectivity index (χ0) is 15.0. The Kier molecular flexibility index (Phi) is 4.73. The van der Waals surface area contributed by atoms with Crippen LogP contribution < -0.4 is 5.32 Å². The third-order valence-electron chi connectivity index (χ3n) is 4.13. The molecule has 1 aliphatic rings. The monoisotopic (exact) mass is 313 g/mol. The van der Waals surface area contributed by atoms with Crippen molar-refractivity contribution in [2.75, 3.05) is 0 Å². The summed E-state index contributed by atoms with van der Waals surface area (Å²) in [5.41, 5.74) is 2.02. The Labute approximate surface area is 133 Å². The molecule has 2 rings (SSSR count). The Morgan fingerprint density at radius 1 is 1.05 bits per heavy atom. The molecule has 1 fully saturated rings. The van der Waals surface area contributed by atoms with E-state index in [9.17, 15) is 0 Å². The molecule has 1 aromatic carbocycles. The van der Waals surface area contributed by atoms with E-state index in [2.05, 4.69) is 33.0 Å². The molecule has 3 heteroatoms. The van der Waals surface area contributed by atoms with Crippen molar-refractivity contribution in [2.45, 2.75) is 59.5 Å². The topological polar surface area (TPSA) is 12.0 Å². The maximum absolute atomic E-state index is 6.07. The Balaban J connectivity index is 1.98. The maximum atomic E-state index is 6.07. The van der Waals surface area contributed by atoms with Crippen molar-refractivity contribution < 1.29 is 0 Å². The fraction of sp³-hybridized carbons (Fsp3) is 0.647. The SMILES string of the molecule is CC1(C)CC(NCc2ccc(Cl)c(Cl)c2)CC(C)(C)C1. The van der Waals surface area contributed by atoms with E-state index in [1.54, 1.807) is 0 Å². The highest BCUT2D eigenvalue weighted by Crippen LogP contribution is 2.45. The van der Waals surface area contributed by atoms with E-state index in [0.717, 1.165) is 6.54 Å². The predicted molar refractivity (Wildman–Crippen MR) is 88.5 cm³/mol. The predicted octanol–water partition coefficient (Wildman–Crippen LogP) is 5.69. The largest absolute Gasteiger partial charge is 0.310 e. The average molecular weight is 314 g/mol. The van der Waals surface area contributed by atoms with Gasteiger partial charge in [-0.1, -0.05) is 57.0 Å². The molecule has 1 aromatic rings. The van der Waals surface area contributed by atoms with Gasteiger partial charge in [0.2, 0.25) is 0 Å². The number of hydrogen-bond acceptors (Lipinski definition) is 1. The summed E-state index contributed by atoms with van der Waals surface area (Å²) in [5, 5.41) is 4.95. The molecule has 1 nitrogen and oxygen atoms in total. The summed E-state index contributed by atoms with van der Waals surface area (Å²) in [6.07, 6.45) is 3.76. The fourth-order valence-corrected chi connectivity index (χ4v) is 4.22. The van der Waals surface area contributed by atoms with Gasteiger partial charge in [0, 0.05) is 12.6 Å². The number of rotatable bonds is 3. The Morgan fingerprint density at radius 2 is 1.65 bits per heavy atom. The zero-order valence-corrected chi connectivity index (χ0v) is 14.4. The molecule has 0 amide bonds. The zero-order valence-electron chi connectivity index (χ0n) is 12.9. The second kappa shape index (κ2) is 5.87. The van der Waals surface area contributed by atoms with Crippen molar-refractivity contribution >= 4 is 23.2 Å². The van der Waals surface area contributed by atoms with Crippen LogP contribution in [0.3, 0.4) is 0 Å². The summed E-state index contributed by atoms with van der Waals surface area (Å²) in [5.74, 6) is 0. The summed E-state index contributed by atoms with van der Waals surface area (Å²) in [6, 6.07) is 6.44. The summed E-state index contributed by atoms with van der Waals surface area (Å²) < 4.78 is 0. The highest BCUT2D eigenvalue weighted by Gasteiger charge is 2.38. The minimum atomic E-state index is 0.414. The van der Waals surface area contributed by atoms with E-state index in [1.165, 1.54) is 24.8 Å². The van der Waals surface area contributed by atoms with Crippen LogP contribution in [0.25, 0.3) is 0 Å². The number of hydrogen-bond donors (Lipinski definition) is 1. The lowest BCUT2D eigenvalue weighted by Gasteiger charge is -2.45. The molecular weight excluding hydrogens is 289 g/mol. The van der Waals surface area contributed by atoms with Crippen LogP contribution in [0.5, 0.6) is 0 Å². The Morgan fingerprint density at radius 3 is 2.20 bits per heavy atom. The van der Waals surface area contributed by atoms with Crippen molar-refractivity contribution in [3.05, 3.63) is 33.8 Å². The molecule has 0 spiro atoms. The smallest absolute Gasteiger partial charge is 0.0595 e.